The first-order valence-corrected chi connectivity index (χ1v) is 9.62. The summed E-state index contributed by atoms with van der Waals surface area (Å²) in [5, 5.41) is 18.5. The molecule has 0 spiro atoms. The van der Waals surface area contributed by atoms with Crippen molar-refractivity contribution in [2.45, 2.75) is 25.4 Å². The summed E-state index contributed by atoms with van der Waals surface area (Å²) in [6.45, 7) is 0.324. The third-order valence-electron chi connectivity index (χ3n) is 5.38. The number of benzene rings is 1. The Kier molecular flexibility index (Phi) is 4.42. The number of nitrogens with zero attached hydrogens (tertiary/aromatic N) is 6. The molecule has 1 unspecified atom stereocenters. The van der Waals surface area contributed by atoms with Gasteiger partial charge in [0.05, 0.1) is 19.0 Å². The van der Waals surface area contributed by atoms with Crippen molar-refractivity contribution < 1.29 is 19.1 Å². The van der Waals surface area contributed by atoms with Crippen LogP contribution in [0.25, 0.3) is 17.1 Å². The van der Waals surface area contributed by atoms with Crippen molar-refractivity contribution in [3.8, 4) is 23.0 Å². The molecule has 0 bridgehead atoms. The minimum absolute atomic E-state index is 0.220. The van der Waals surface area contributed by atoms with Gasteiger partial charge in [-0.2, -0.15) is 0 Å². The predicted molar refractivity (Wildman–Crippen MR) is 105 cm³/mol. The van der Waals surface area contributed by atoms with Crippen molar-refractivity contribution in [1.29, 1.82) is 0 Å². The number of fused-ring (bicyclic) bond motifs is 1. The molecule has 0 aliphatic carbocycles. The fourth-order valence-electron chi connectivity index (χ4n) is 3.76. The third-order valence-corrected chi connectivity index (χ3v) is 5.38. The average molecular weight is 419 g/mol. The number of hydrogen-bond acceptors (Lipinski definition) is 8. The van der Waals surface area contributed by atoms with Crippen molar-refractivity contribution in [3.05, 3.63) is 47.7 Å². The summed E-state index contributed by atoms with van der Waals surface area (Å²) in [5.74, 6) is -0.586. The summed E-state index contributed by atoms with van der Waals surface area (Å²) in [7, 11) is 1.51. The van der Waals surface area contributed by atoms with Crippen LogP contribution in [-0.4, -0.2) is 61.0 Å². The molecule has 1 fully saturated rings. The number of carbonyl (C=O) groups is 3. The highest BCUT2D eigenvalue weighted by Crippen LogP contribution is 2.29. The summed E-state index contributed by atoms with van der Waals surface area (Å²) in [6, 6.07) is 8.15. The minimum Gasteiger partial charge on any atom is -0.480 e. The maximum atomic E-state index is 13.0. The summed E-state index contributed by atoms with van der Waals surface area (Å²) >= 11 is 0. The van der Waals surface area contributed by atoms with Gasteiger partial charge in [-0.05, 0) is 30.2 Å². The van der Waals surface area contributed by atoms with Crippen molar-refractivity contribution in [3.63, 3.8) is 0 Å². The number of nitrogens with one attached hydrogen (secondary N) is 1. The highest BCUT2D eigenvalue weighted by atomic mass is 16.5. The molecule has 3 aromatic rings. The second-order valence-electron chi connectivity index (χ2n) is 7.25. The van der Waals surface area contributed by atoms with Crippen LogP contribution in [0, 0.1) is 0 Å². The first-order valence-electron chi connectivity index (χ1n) is 9.62. The molecule has 11 nitrogen and oxygen atoms in total. The van der Waals surface area contributed by atoms with Crippen molar-refractivity contribution in [2.75, 3.05) is 7.11 Å². The molecule has 2 aliphatic rings. The number of ether oxygens (including phenoxy) is 1. The number of carbonyl (C=O) groups excluding carboxylic acids is 3. The van der Waals surface area contributed by atoms with Gasteiger partial charge >= 0.3 is 0 Å². The lowest BCUT2D eigenvalue weighted by Crippen LogP contribution is -2.52. The van der Waals surface area contributed by atoms with E-state index in [0.717, 1.165) is 5.56 Å². The normalized spacial score (nSPS) is 18.2. The summed E-state index contributed by atoms with van der Waals surface area (Å²) < 4.78 is 6.55. The van der Waals surface area contributed by atoms with Gasteiger partial charge in [0, 0.05) is 24.6 Å². The van der Waals surface area contributed by atoms with Crippen LogP contribution < -0.4 is 10.1 Å². The van der Waals surface area contributed by atoms with Gasteiger partial charge in [-0.3, -0.25) is 19.7 Å². The summed E-state index contributed by atoms with van der Waals surface area (Å²) in [5.41, 5.74) is 3.03. The smallest absolute Gasteiger partial charge is 0.255 e. The third kappa shape index (κ3) is 3.29. The Bertz CT molecular complexity index is 1200. The molecule has 156 valence electrons. The Balaban J connectivity index is 1.39. The summed E-state index contributed by atoms with van der Waals surface area (Å²) in [4.78, 5) is 38.1. The number of hydrogen-bond donors (Lipinski definition) is 1. The van der Waals surface area contributed by atoms with E-state index in [4.69, 9.17) is 4.74 Å². The molecule has 5 rings (SSSR count). The van der Waals surface area contributed by atoms with E-state index in [1.165, 1.54) is 12.0 Å². The topological polar surface area (TPSA) is 132 Å². The SMILES string of the molecule is COc1ccc(-c2cn(-c3ccc4c(c3)C(=O)N(C3CCC(=O)NC3=O)C4)nn2)nn1. The lowest BCUT2D eigenvalue weighted by atomic mass is 10.0. The molecule has 11 heteroatoms. The Morgan fingerprint density at radius 3 is 2.68 bits per heavy atom. The maximum Gasteiger partial charge on any atom is 0.255 e. The molecule has 2 aliphatic heterocycles. The van der Waals surface area contributed by atoms with E-state index >= 15 is 0 Å². The van der Waals surface area contributed by atoms with Gasteiger partial charge in [0.15, 0.2) is 0 Å². The van der Waals surface area contributed by atoms with E-state index in [2.05, 4.69) is 25.8 Å². The zero-order valence-corrected chi connectivity index (χ0v) is 16.5. The zero-order valence-electron chi connectivity index (χ0n) is 16.5. The predicted octanol–water partition coefficient (Wildman–Crippen LogP) is 0.494. The van der Waals surface area contributed by atoms with E-state index in [0.29, 0.717) is 41.5 Å². The molecule has 0 saturated carbocycles. The van der Waals surface area contributed by atoms with Crippen LogP contribution in [-0.2, 0) is 16.1 Å². The number of rotatable bonds is 4. The van der Waals surface area contributed by atoms with Gasteiger partial charge in [-0.1, -0.05) is 11.3 Å². The van der Waals surface area contributed by atoms with E-state index in [-0.39, 0.29) is 18.2 Å². The van der Waals surface area contributed by atoms with E-state index in [1.807, 2.05) is 12.1 Å². The van der Waals surface area contributed by atoms with Crippen LogP contribution in [0.1, 0.15) is 28.8 Å². The molecule has 2 aromatic heterocycles. The Labute approximate surface area is 176 Å². The van der Waals surface area contributed by atoms with E-state index in [9.17, 15) is 14.4 Å². The van der Waals surface area contributed by atoms with Crippen molar-refractivity contribution in [2.24, 2.45) is 0 Å². The minimum atomic E-state index is -0.646. The van der Waals surface area contributed by atoms with Crippen molar-refractivity contribution >= 4 is 17.7 Å². The molecule has 3 amide bonds. The molecule has 1 aromatic carbocycles. The van der Waals surface area contributed by atoms with E-state index < -0.39 is 11.9 Å². The first kappa shape index (κ1) is 18.9. The summed E-state index contributed by atoms with van der Waals surface area (Å²) in [6.07, 6.45) is 2.24. The molecule has 1 atom stereocenters. The van der Waals surface area contributed by atoms with Crippen LogP contribution in [0.2, 0.25) is 0 Å². The van der Waals surface area contributed by atoms with Gasteiger partial charge in [0.2, 0.25) is 17.7 Å². The standard InChI is InChI=1S/C20H17N7O4/c1-31-18-7-4-14(22-24-18)15-10-27(25-23-15)12-3-2-11-9-26(20(30)13(11)8-12)16-5-6-17(28)21-19(16)29/h2-4,7-8,10,16H,5-6,9H2,1H3,(H,21,28,29). The van der Waals surface area contributed by atoms with Crippen LogP contribution in [0.4, 0.5) is 0 Å². The molecule has 0 radical (unpaired) electrons. The lowest BCUT2D eigenvalue weighted by molar-refractivity contribution is -0.136. The number of amides is 3. The van der Waals surface area contributed by atoms with Crippen molar-refractivity contribution in [1.82, 2.24) is 35.4 Å². The molecule has 4 heterocycles. The van der Waals surface area contributed by atoms with Crippen LogP contribution in [0.15, 0.2) is 36.5 Å². The van der Waals surface area contributed by atoms with Gasteiger partial charge in [0.1, 0.15) is 17.4 Å². The lowest BCUT2D eigenvalue weighted by Gasteiger charge is -2.29. The fraction of sp³-hybridized carbons (Fsp3) is 0.250. The fourth-order valence-corrected chi connectivity index (χ4v) is 3.76. The van der Waals surface area contributed by atoms with Gasteiger partial charge < -0.3 is 9.64 Å². The highest BCUT2D eigenvalue weighted by Gasteiger charge is 2.39. The average Bonchev–Trinajstić information content (AvgIpc) is 3.39. The van der Waals surface area contributed by atoms with Crippen LogP contribution in [0.5, 0.6) is 5.88 Å². The maximum absolute atomic E-state index is 13.0. The Morgan fingerprint density at radius 1 is 1.06 bits per heavy atom. The monoisotopic (exact) mass is 419 g/mol. The molecular formula is C20H17N7O4. The zero-order chi connectivity index (χ0) is 21.5. The molecule has 1 N–H and O–H groups in total. The number of imide groups is 1. The first-order chi connectivity index (χ1) is 15.0. The van der Waals surface area contributed by atoms with Gasteiger partial charge in [-0.15, -0.1) is 15.3 Å². The Morgan fingerprint density at radius 2 is 1.94 bits per heavy atom. The second kappa shape index (κ2) is 7.27. The molecule has 1 saturated heterocycles. The second-order valence-corrected chi connectivity index (χ2v) is 7.25. The highest BCUT2D eigenvalue weighted by molar-refractivity contribution is 6.05. The van der Waals surface area contributed by atoms with Gasteiger partial charge in [0.25, 0.3) is 5.91 Å². The quantitative estimate of drug-likeness (QED) is 0.605. The number of piperidine rings is 1. The number of methoxy groups -OCH3 is 1. The Hall–Kier alpha value is -4.15. The largest absolute Gasteiger partial charge is 0.480 e. The van der Waals surface area contributed by atoms with Gasteiger partial charge in [-0.25, -0.2) is 4.68 Å². The van der Waals surface area contributed by atoms with Crippen LogP contribution >= 0.6 is 0 Å². The number of aromatic nitrogens is 5. The van der Waals surface area contributed by atoms with Crippen LogP contribution in [0.3, 0.4) is 0 Å². The van der Waals surface area contributed by atoms with E-state index in [1.54, 1.807) is 29.1 Å². The molecule has 31 heavy (non-hydrogen) atoms. The molecular weight excluding hydrogens is 402 g/mol.